The Hall–Kier alpha value is -1.49. The topological polar surface area (TPSA) is 31.6 Å². The minimum Gasteiger partial charge on any atom is -0.456 e. The fraction of sp³-hybridized carbons (Fsp3) is 0.333. The molecule has 0 atom stereocenters. The van der Waals surface area contributed by atoms with Crippen LogP contribution in [0.4, 0.5) is 0 Å². The van der Waals surface area contributed by atoms with E-state index in [4.69, 9.17) is 25.3 Å². The number of fused-ring (bicyclic) bond motifs is 3. The third-order valence-electron chi connectivity index (χ3n) is 5.00. The summed E-state index contributed by atoms with van der Waals surface area (Å²) >= 11 is 6.31. The van der Waals surface area contributed by atoms with Crippen LogP contribution in [0.15, 0.2) is 40.8 Å². The highest BCUT2D eigenvalue weighted by Gasteiger charge is 2.51. The molecule has 2 aromatic carbocycles. The lowest BCUT2D eigenvalue weighted by Gasteiger charge is -2.32. The van der Waals surface area contributed by atoms with Crippen LogP contribution in [0.2, 0.25) is 5.02 Å². The molecule has 0 aliphatic carbocycles. The van der Waals surface area contributed by atoms with Crippen molar-refractivity contribution in [3.05, 3.63) is 41.4 Å². The summed E-state index contributed by atoms with van der Waals surface area (Å²) in [6.45, 7) is 8.19. The molecular formula is C18H18BClO3. The smallest absolute Gasteiger partial charge is 0.456 e. The van der Waals surface area contributed by atoms with Crippen LogP contribution in [0.5, 0.6) is 0 Å². The Kier molecular flexibility index (Phi) is 3.12. The first-order chi connectivity index (χ1) is 10.8. The van der Waals surface area contributed by atoms with Gasteiger partial charge in [0.2, 0.25) is 0 Å². The monoisotopic (exact) mass is 328 g/mol. The zero-order valence-electron chi connectivity index (χ0n) is 13.6. The zero-order valence-corrected chi connectivity index (χ0v) is 14.4. The van der Waals surface area contributed by atoms with Gasteiger partial charge >= 0.3 is 7.12 Å². The van der Waals surface area contributed by atoms with Gasteiger partial charge in [-0.2, -0.15) is 0 Å². The van der Waals surface area contributed by atoms with Crippen LogP contribution in [-0.4, -0.2) is 18.3 Å². The molecule has 2 heterocycles. The van der Waals surface area contributed by atoms with Crippen molar-refractivity contribution in [3.8, 4) is 0 Å². The largest absolute Gasteiger partial charge is 0.494 e. The van der Waals surface area contributed by atoms with Gasteiger partial charge in [-0.3, -0.25) is 0 Å². The Morgan fingerprint density at radius 3 is 2.30 bits per heavy atom. The summed E-state index contributed by atoms with van der Waals surface area (Å²) in [4.78, 5) is 0. The predicted molar refractivity (Wildman–Crippen MR) is 94.4 cm³/mol. The van der Waals surface area contributed by atoms with Crippen LogP contribution in [-0.2, 0) is 9.31 Å². The summed E-state index contributed by atoms with van der Waals surface area (Å²) in [5.41, 5.74) is 1.82. The molecule has 4 rings (SSSR count). The highest BCUT2D eigenvalue weighted by atomic mass is 35.5. The third-order valence-corrected chi connectivity index (χ3v) is 5.31. The van der Waals surface area contributed by atoms with Gasteiger partial charge in [0.05, 0.1) is 16.2 Å². The Balaban J connectivity index is 1.82. The van der Waals surface area contributed by atoms with E-state index in [1.165, 1.54) is 0 Å². The van der Waals surface area contributed by atoms with Gasteiger partial charge in [0, 0.05) is 10.8 Å². The van der Waals surface area contributed by atoms with Crippen LogP contribution >= 0.6 is 11.6 Å². The summed E-state index contributed by atoms with van der Waals surface area (Å²) in [5, 5.41) is 2.65. The van der Waals surface area contributed by atoms with E-state index in [0.717, 1.165) is 27.4 Å². The Morgan fingerprint density at radius 1 is 0.913 bits per heavy atom. The molecule has 1 aliphatic heterocycles. The first kappa shape index (κ1) is 15.1. The fourth-order valence-corrected chi connectivity index (χ4v) is 3.19. The van der Waals surface area contributed by atoms with Crippen molar-refractivity contribution in [1.82, 2.24) is 0 Å². The van der Waals surface area contributed by atoms with Crippen LogP contribution < -0.4 is 5.46 Å². The van der Waals surface area contributed by atoms with Gasteiger partial charge in [-0.15, -0.1) is 0 Å². The lowest BCUT2D eigenvalue weighted by Crippen LogP contribution is -2.41. The minimum absolute atomic E-state index is 0.357. The molecule has 118 valence electrons. The number of hydrogen-bond acceptors (Lipinski definition) is 3. The molecule has 1 saturated heterocycles. The summed E-state index contributed by atoms with van der Waals surface area (Å²) in [6.07, 6.45) is 0. The van der Waals surface area contributed by atoms with Gasteiger partial charge in [-0.05, 0) is 51.4 Å². The molecule has 0 saturated carbocycles. The second-order valence-corrected chi connectivity index (χ2v) is 7.47. The zero-order chi connectivity index (χ0) is 16.4. The molecular weight excluding hydrogens is 310 g/mol. The molecule has 0 amide bonds. The predicted octanol–water partition coefficient (Wildman–Crippen LogP) is 4.54. The molecule has 0 N–H and O–H groups in total. The van der Waals surface area contributed by atoms with Gasteiger partial charge in [0.25, 0.3) is 0 Å². The third kappa shape index (κ3) is 2.20. The second kappa shape index (κ2) is 4.76. The molecule has 5 heteroatoms. The molecule has 1 aliphatic rings. The van der Waals surface area contributed by atoms with Crippen molar-refractivity contribution in [2.45, 2.75) is 38.9 Å². The lowest BCUT2D eigenvalue weighted by molar-refractivity contribution is 0.00578. The van der Waals surface area contributed by atoms with Crippen molar-refractivity contribution in [2.75, 3.05) is 0 Å². The van der Waals surface area contributed by atoms with Gasteiger partial charge in [-0.1, -0.05) is 29.8 Å². The maximum Gasteiger partial charge on any atom is 0.494 e. The Morgan fingerprint density at radius 2 is 1.61 bits per heavy atom. The second-order valence-electron chi connectivity index (χ2n) is 7.06. The van der Waals surface area contributed by atoms with Gasteiger partial charge in [-0.25, -0.2) is 0 Å². The highest BCUT2D eigenvalue weighted by molar-refractivity contribution is 6.62. The minimum atomic E-state index is -0.395. The maximum absolute atomic E-state index is 6.31. The van der Waals surface area contributed by atoms with Crippen LogP contribution in [0.25, 0.3) is 21.9 Å². The van der Waals surface area contributed by atoms with Crippen LogP contribution in [0.3, 0.4) is 0 Å². The number of rotatable bonds is 1. The fourth-order valence-electron chi connectivity index (χ4n) is 2.92. The van der Waals surface area contributed by atoms with E-state index < -0.39 is 7.12 Å². The number of furan rings is 1. The standard InChI is InChI=1S/C18H18BClO3/c1-17(2)18(3,4)23-19(22-17)11-8-9-12-15(10-11)21-14-7-5-6-13(20)16(12)14/h5-10H,1-4H3. The quantitative estimate of drug-likeness (QED) is 0.615. The van der Waals surface area contributed by atoms with Gasteiger partial charge in [0.15, 0.2) is 0 Å². The van der Waals surface area contributed by atoms with Crippen LogP contribution in [0.1, 0.15) is 27.7 Å². The number of hydrogen-bond donors (Lipinski definition) is 0. The molecule has 3 nitrogen and oxygen atoms in total. The molecule has 1 fully saturated rings. The Bertz CT molecular complexity index is 897. The first-order valence-electron chi connectivity index (χ1n) is 7.75. The summed E-state index contributed by atoms with van der Waals surface area (Å²) < 4.78 is 18.2. The van der Waals surface area contributed by atoms with Crippen LogP contribution in [0, 0.1) is 0 Å². The van der Waals surface area contributed by atoms with E-state index in [1.807, 2.05) is 64.1 Å². The van der Waals surface area contributed by atoms with E-state index in [2.05, 4.69) is 0 Å². The summed E-state index contributed by atoms with van der Waals surface area (Å²) in [7, 11) is -0.395. The molecule has 0 bridgehead atoms. The lowest BCUT2D eigenvalue weighted by atomic mass is 9.79. The number of benzene rings is 2. The number of halogens is 1. The van der Waals surface area contributed by atoms with Crippen molar-refractivity contribution < 1.29 is 13.7 Å². The molecule has 0 unspecified atom stereocenters. The van der Waals surface area contributed by atoms with Crippen molar-refractivity contribution in [1.29, 1.82) is 0 Å². The van der Waals surface area contributed by atoms with E-state index in [9.17, 15) is 0 Å². The van der Waals surface area contributed by atoms with E-state index >= 15 is 0 Å². The molecule has 1 aromatic heterocycles. The van der Waals surface area contributed by atoms with E-state index in [-0.39, 0.29) is 11.2 Å². The summed E-state index contributed by atoms with van der Waals surface area (Å²) in [6, 6.07) is 11.7. The van der Waals surface area contributed by atoms with Crippen molar-refractivity contribution in [2.24, 2.45) is 0 Å². The van der Waals surface area contributed by atoms with E-state index in [0.29, 0.717) is 5.02 Å². The van der Waals surface area contributed by atoms with Gasteiger partial charge in [0.1, 0.15) is 11.2 Å². The summed E-state index contributed by atoms with van der Waals surface area (Å²) in [5.74, 6) is 0. The SMILES string of the molecule is CC1(C)OB(c2ccc3c(c2)oc2cccc(Cl)c23)OC1(C)C. The van der Waals surface area contributed by atoms with Crippen molar-refractivity contribution >= 4 is 46.1 Å². The van der Waals surface area contributed by atoms with Gasteiger partial charge < -0.3 is 13.7 Å². The Labute approximate surface area is 140 Å². The molecule has 0 radical (unpaired) electrons. The highest BCUT2D eigenvalue weighted by Crippen LogP contribution is 2.37. The maximum atomic E-state index is 6.31. The van der Waals surface area contributed by atoms with E-state index in [1.54, 1.807) is 0 Å². The van der Waals surface area contributed by atoms with Crippen molar-refractivity contribution in [3.63, 3.8) is 0 Å². The normalized spacial score (nSPS) is 19.8. The molecule has 3 aromatic rings. The first-order valence-corrected chi connectivity index (χ1v) is 8.13. The molecule has 23 heavy (non-hydrogen) atoms. The average molecular weight is 329 g/mol. The molecule has 0 spiro atoms. The average Bonchev–Trinajstić information content (AvgIpc) is 2.93.